The van der Waals surface area contributed by atoms with Crippen LogP contribution in [0.3, 0.4) is 0 Å². The predicted octanol–water partition coefficient (Wildman–Crippen LogP) is 1.76. The molecule has 0 amide bonds. The van der Waals surface area contributed by atoms with Crippen LogP contribution >= 0.6 is 0 Å². The predicted molar refractivity (Wildman–Crippen MR) is 89.2 cm³/mol. The van der Waals surface area contributed by atoms with E-state index in [1.807, 2.05) is 42.3 Å². The minimum atomic E-state index is 0.161. The molecule has 0 radical (unpaired) electrons. The highest BCUT2D eigenvalue weighted by Gasteiger charge is 2.43. The average Bonchev–Trinajstić information content (AvgIpc) is 3.21. The van der Waals surface area contributed by atoms with Crippen LogP contribution in [0.5, 0.6) is 0 Å². The molecule has 1 aliphatic heterocycles. The van der Waals surface area contributed by atoms with E-state index in [1.165, 1.54) is 5.56 Å². The van der Waals surface area contributed by atoms with Gasteiger partial charge in [-0.25, -0.2) is 0 Å². The first-order valence-corrected chi connectivity index (χ1v) is 8.64. The van der Waals surface area contributed by atoms with Gasteiger partial charge < -0.3 is 9.47 Å². The van der Waals surface area contributed by atoms with Gasteiger partial charge in [-0.15, -0.1) is 0 Å². The fourth-order valence-electron chi connectivity index (χ4n) is 3.83. The molecule has 0 bridgehead atoms. The van der Waals surface area contributed by atoms with Crippen LogP contribution in [0.2, 0.25) is 0 Å². The van der Waals surface area contributed by atoms with Gasteiger partial charge in [-0.1, -0.05) is 6.07 Å². The quantitative estimate of drug-likeness (QED) is 0.837. The summed E-state index contributed by atoms with van der Waals surface area (Å²) in [5, 5.41) is 4.27. The van der Waals surface area contributed by atoms with Crippen molar-refractivity contribution in [3.05, 3.63) is 48.0 Å². The van der Waals surface area contributed by atoms with Crippen molar-refractivity contribution in [1.82, 2.24) is 19.7 Å². The number of pyridine rings is 1. The molecule has 0 aromatic carbocycles. The summed E-state index contributed by atoms with van der Waals surface area (Å²) in [4.78, 5) is 6.85. The second kappa shape index (κ2) is 7.01. The molecule has 6 nitrogen and oxygen atoms in total. The van der Waals surface area contributed by atoms with Gasteiger partial charge in [-0.2, -0.15) is 5.10 Å². The molecule has 128 valence electrons. The SMILES string of the molecule is Cn1cc(CN2CCO[C@H]3[C@H](OCc4ccccn4)CC[C@@H]32)cn1. The van der Waals surface area contributed by atoms with Crippen LogP contribution in [0.1, 0.15) is 24.1 Å². The highest BCUT2D eigenvalue weighted by Crippen LogP contribution is 2.33. The van der Waals surface area contributed by atoms with Gasteiger partial charge in [0.25, 0.3) is 0 Å². The summed E-state index contributed by atoms with van der Waals surface area (Å²) in [7, 11) is 1.96. The molecule has 6 heteroatoms. The summed E-state index contributed by atoms with van der Waals surface area (Å²) in [6.45, 7) is 3.24. The Morgan fingerprint density at radius 2 is 2.29 bits per heavy atom. The summed E-state index contributed by atoms with van der Waals surface area (Å²) in [6, 6.07) is 6.36. The third-order valence-corrected chi connectivity index (χ3v) is 4.97. The summed E-state index contributed by atoms with van der Waals surface area (Å²) in [6.07, 6.45) is 8.35. The molecule has 2 aromatic heterocycles. The molecule has 0 N–H and O–H groups in total. The van der Waals surface area contributed by atoms with Gasteiger partial charge in [0.15, 0.2) is 0 Å². The smallest absolute Gasteiger partial charge is 0.0992 e. The summed E-state index contributed by atoms with van der Waals surface area (Å²) >= 11 is 0. The molecular formula is C18H24N4O2. The molecule has 0 unspecified atom stereocenters. The maximum Gasteiger partial charge on any atom is 0.0992 e. The molecule has 4 rings (SSSR count). The Bertz CT molecular complexity index is 660. The van der Waals surface area contributed by atoms with Gasteiger partial charge in [-0.05, 0) is 25.0 Å². The van der Waals surface area contributed by atoms with Gasteiger partial charge in [0.05, 0.1) is 37.3 Å². The minimum absolute atomic E-state index is 0.161. The monoisotopic (exact) mass is 328 g/mol. The van der Waals surface area contributed by atoms with Crippen molar-refractivity contribution in [2.24, 2.45) is 7.05 Å². The van der Waals surface area contributed by atoms with E-state index < -0.39 is 0 Å². The molecule has 24 heavy (non-hydrogen) atoms. The third kappa shape index (κ3) is 3.36. The first-order valence-electron chi connectivity index (χ1n) is 8.64. The van der Waals surface area contributed by atoms with E-state index in [0.29, 0.717) is 12.6 Å². The van der Waals surface area contributed by atoms with Gasteiger partial charge >= 0.3 is 0 Å². The van der Waals surface area contributed by atoms with Crippen molar-refractivity contribution in [2.75, 3.05) is 13.2 Å². The van der Waals surface area contributed by atoms with Crippen molar-refractivity contribution in [3.63, 3.8) is 0 Å². The van der Waals surface area contributed by atoms with Crippen LogP contribution in [0, 0.1) is 0 Å². The van der Waals surface area contributed by atoms with Gasteiger partial charge in [0.1, 0.15) is 0 Å². The van der Waals surface area contributed by atoms with Crippen LogP contribution in [0.15, 0.2) is 36.8 Å². The van der Waals surface area contributed by atoms with Crippen molar-refractivity contribution in [3.8, 4) is 0 Å². The number of nitrogens with zero attached hydrogens (tertiary/aromatic N) is 4. The number of ether oxygens (including phenoxy) is 2. The topological polar surface area (TPSA) is 52.4 Å². The molecule has 2 aliphatic rings. The van der Waals surface area contributed by atoms with Crippen LogP contribution in [-0.2, 0) is 29.7 Å². The standard InChI is InChI=1S/C18H24N4O2/c1-21-11-14(10-20-21)12-22-8-9-23-18-16(22)5-6-17(18)24-13-15-4-2-3-7-19-15/h2-4,7,10-11,16-18H,5-6,8-9,12-13H2,1H3/t16-,17+,18+/m0/s1. The minimum Gasteiger partial charge on any atom is -0.373 e. The maximum absolute atomic E-state index is 6.13. The van der Waals surface area contributed by atoms with E-state index in [-0.39, 0.29) is 12.2 Å². The largest absolute Gasteiger partial charge is 0.373 e. The van der Waals surface area contributed by atoms with E-state index in [9.17, 15) is 0 Å². The fourth-order valence-corrected chi connectivity index (χ4v) is 3.83. The number of rotatable bonds is 5. The number of fused-ring (bicyclic) bond motifs is 1. The lowest BCUT2D eigenvalue weighted by atomic mass is 10.1. The van der Waals surface area contributed by atoms with E-state index in [2.05, 4.69) is 21.2 Å². The third-order valence-electron chi connectivity index (χ3n) is 4.97. The Labute approximate surface area is 142 Å². The Morgan fingerprint density at radius 1 is 1.33 bits per heavy atom. The van der Waals surface area contributed by atoms with Crippen LogP contribution < -0.4 is 0 Å². The molecule has 1 aliphatic carbocycles. The Balaban J connectivity index is 1.37. The Hall–Kier alpha value is -1.76. The zero-order chi connectivity index (χ0) is 16.4. The summed E-state index contributed by atoms with van der Waals surface area (Å²) < 4.78 is 14.1. The molecule has 1 saturated carbocycles. The number of aromatic nitrogens is 3. The molecule has 3 heterocycles. The normalized spacial score (nSPS) is 27.3. The second-order valence-electron chi connectivity index (χ2n) is 6.64. The van der Waals surface area contributed by atoms with Gasteiger partial charge in [-0.3, -0.25) is 14.6 Å². The maximum atomic E-state index is 6.13. The van der Waals surface area contributed by atoms with Gasteiger partial charge in [0, 0.05) is 44.1 Å². The first-order chi connectivity index (χ1) is 11.8. The van der Waals surface area contributed by atoms with E-state index in [4.69, 9.17) is 9.47 Å². The Morgan fingerprint density at radius 3 is 3.08 bits per heavy atom. The van der Waals surface area contributed by atoms with Crippen LogP contribution in [0.25, 0.3) is 0 Å². The second-order valence-corrected chi connectivity index (χ2v) is 6.64. The first kappa shape index (κ1) is 15.7. The fraction of sp³-hybridized carbons (Fsp3) is 0.556. The molecule has 3 atom stereocenters. The number of hydrogen-bond donors (Lipinski definition) is 0. The zero-order valence-corrected chi connectivity index (χ0v) is 14.0. The highest BCUT2D eigenvalue weighted by atomic mass is 16.5. The van der Waals surface area contributed by atoms with Crippen LogP contribution in [0.4, 0.5) is 0 Å². The van der Waals surface area contributed by atoms with E-state index in [0.717, 1.165) is 38.2 Å². The van der Waals surface area contributed by atoms with Crippen molar-refractivity contribution < 1.29 is 9.47 Å². The van der Waals surface area contributed by atoms with Crippen LogP contribution in [-0.4, -0.2) is 51.1 Å². The Kier molecular flexibility index (Phi) is 4.60. The van der Waals surface area contributed by atoms with Crippen molar-refractivity contribution in [2.45, 2.75) is 44.2 Å². The molecule has 2 fully saturated rings. The lowest BCUT2D eigenvalue weighted by Gasteiger charge is -2.38. The highest BCUT2D eigenvalue weighted by molar-refractivity contribution is 5.06. The molecular weight excluding hydrogens is 304 g/mol. The molecule has 0 spiro atoms. The number of morpholine rings is 1. The van der Waals surface area contributed by atoms with Crippen molar-refractivity contribution >= 4 is 0 Å². The zero-order valence-electron chi connectivity index (χ0n) is 14.0. The summed E-state index contributed by atoms with van der Waals surface area (Å²) in [5.41, 5.74) is 2.24. The lowest BCUT2D eigenvalue weighted by molar-refractivity contribution is -0.119. The lowest BCUT2D eigenvalue weighted by Crippen LogP contribution is -2.51. The number of hydrogen-bond acceptors (Lipinski definition) is 5. The summed E-state index contributed by atoms with van der Waals surface area (Å²) in [5.74, 6) is 0. The van der Waals surface area contributed by atoms with E-state index in [1.54, 1.807) is 0 Å². The van der Waals surface area contributed by atoms with Crippen molar-refractivity contribution in [1.29, 1.82) is 0 Å². The number of aryl methyl sites for hydroxylation is 1. The van der Waals surface area contributed by atoms with E-state index >= 15 is 0 Å². The van der Waals surface area contributed by atoms with Gasteiger partial charge in [0.2, 0.25) is 0 Å². The molecule has 2 aromatic rings. The average molecular weight is 328 g/mol. The molecule has 1 saturated heterocycles.